The standard InChI is InChI=1S/C19H21N5O3/c25-17(16-14-11-20-9-7-15(14)22-23-16)21-8-3-4-10-24-18(26)12-5-1-2-6-13(12)19(24)27/h1-2,5-6,20H,3-4,7-11H2,(H,21,25)(H,22,23). The van der Waals surface area contributed by atoms with Crippen molar-refractivity contribution >= 4 is 17.7 Å². The number of fused-ring (bicyclic) bond motifs is 2. The highest BCUT2D eigenvalue weighted by molar-refractivity contribution is 6.21. The molecule has 3 N–H and O–H groups in total. The van der Waals surface area contributed by atoms with Crippen LogP contribution >= 0.6 is 0 Å². The lowest BCUT2D eigenvalue weighted by atomic mass is 10.1. The highest BCUT2D eigenvalue weighted by Crippen LogP contribution is 2.22. The van der Waals surface area contributed by atoms with Crippen LogP contribution in [-0.4, -0.2) is 52.5 Å². The summed E-state index contributed by atoms with van der Waals surface area (Å²) in [7, 11) is 0. The first-order chi connectivity index (χ1) is 13.2. The monoisotopic (exact) mass is 367 g/mol. The average molecular weight is 367 g/mol. The van der Waals surface area contributed by atoms with Gasteiger partial charge in [0.25, 0.3) is 17.7 Å². The summed E-state index contributed by atoms with van der Waals surface area (Å²) in [6.45, 7) is 2.35. The summed E-state index contributed by atoms with van der Waals surface area (Å²) in [6.07, 6.45) is 2.14. The normalized spacial score (nSPS) is 15.6. The number of imide groups is 1. The molecule has 2 aromatic rings. The molecule has 2 aliphatic rings. The molecule has 0 saturated heterocycles. The van der Waals surface area contributed by atoms with E-state index in [0.717, 1.165) is 24.2 Å². The predicted molar refractivity (Wildman–Crippen MR) is 97.4 cm³/mol. The molecule has 2 aliphatic heterocycles. The van der Waals surface area contributed by atoms with Gasteiger partial charge >= 0.3 is 0 Å². The first-order valence-corrected chi connectivity index (χ1v) is 9.17. The van der Waals surface area contributed by atoms with Gasteiger partial charge in [-0.2, -0.15) is 5.10 Å². The Morgan fingerprint density at radius 2 is 1.89 bits per heavy atom. The summed E-state index contributed by atoms with van der Waals surface area (Å²) in [5, 5.41) is 13.2. The molecule has 0 saturated carbocycles. The van der Waals surface area contributed by atoms with Crippen molar-refractivity contribution in [2.24, 2.45) is 0 Å². The Morgan fingerprint density at radius 3 is 2.63 bits per heavy atom. The smallest absolute Gasteiger partial charge is 0.272 e. The summed E-state index contributed by atoms with van der Waals surface area (Å²) < 4.78 is 0. The van der Waals surface area contributed by atoms with Crippen LogP contribution in [0.1, 0.15) is 55.3 Å². The van der Waals surface area contributed by atoms with Crippen LogP contribution in [0.15, 0.2) is 24.3 Å². The maximum absolute atomic E-state index is 12.3. The fourth-order valence-corrected chi connectivity index (χ4v) is 3.54. The van der Waals surface area contributed by atoms with Gasteiger partial charge in [-0.25, -0.2) is 0 Å². The van der Waals surface area contributed by atoms with E-state index in [1.807, 2.05) is 0 Å². The van der Waals surface area contributed by atoms with Crippen molar-refractivity contribution in [2.75, 3.05) is 19.6 Å². The van der Waals surface area contributed by atoms with E-state index in [4.69, 9.17) is 0 Å². The second-order valence-corrected chi connectivity index (χ2v) is 6.73. The van der Waals surface area contributed by atoms with E-state index >= 15 is 0 Å². The molecule has 140 valence electrons. The number of nitrogens with one attached hydrogen (secondary N) is 3. The molecule has 27 heavy (non-hydrogen) atoms. The molecule has 0 fully saturated rings. The third kappa shape index (κ3) is 3.23. The molecule has 0 bridgehead atoms. The second-order valence-electron chi connectivity index (χ2n) is 6.73. The fraction of sp³-hybridized carbons (Fsp3) is 0.368. The van der Waals surface area contributed by atoms with Crippen molar-refractivity contribution in [1.82, 2.24) is 25.7 Å². The third-order valence-corrected chi connectivity index (χ3v) is 4.99. The molecule has 0 unspecified atom stereocenters. The Hall–Kier alpha value is -3.00. The Balaban J connectivity index is 1.24. The van der Waals surface area contributed by atoms with Crippen molar-refractivity contribution < 1.29 is 14.4 Å². The quantitative estimate of drug-likeness (QED) is 0.519. The van der Waals surface area contributed by atoms with Gasteiger partial charge in [-0.15, -0.1) is 0 Å². The molecule has 8 heteroatoms. The van der Waals surface area contributed by atoms with Crippen molar-refractivity contribution in [3.8, 4) is 0 Å². The summed E-state index contributed by atoms with van der Waals surface area (Å²) >= 11 is 0. The minimum absolute atomic E-state index is 0.197. The topological polar surface area (TPSA) is 107 Å². The zero-order chi connectivity index (χ0) is 18.8. The van der Waals surface area contributed by atoms with Gasteiger partial charge in [0.1, 0.15) is 0 Å². The molecule has 0 radical (unpaired) electrons. The van der Waals surface area contributed by atoms with Crippen LogP contribution in [0, 0.1) is 0 Å². The fourth-order valence-electron chi connectivity index (χ4n) is 3.54. The van der Waals surface area contributed by atoms with E-state index < -0.39 is 0 Å². The average Bonchev–Trinajstić information content (AvgIpc) is 3.23. The van der Waals surface area contributed by atoms with Crippen LogP contribution in [0.3, 0.4) is 0 Å². The van der Waals surface area contributed by atoms with E-state index in [-0.39, 0.29) is 17.7 Å². The molecule has 1 aromatic heterocycles. The largest absolute Gasteiger partial charge is 0.351 e. The Morgan fingerprint density at radius 1 is 1.15 bits per heavy atom. The van der Waals surface area contributed by atoms with E-state index in [0.29, 0.717) is 49.3 Å². The number of hydrogen-bond donors (Lipinski definition) is 3. The van der Waals surface area contributed by atoms with Gasteiger partial charge < -0.3 is 10.6 Å². The molecule has 3 heterocycles. The molecule has 0 atom stereocenters. The number of rotatable bonds is 6. The lowest BCUT2D eigenvalue weighted by Crippen LogP contribution is -2.32. The van der Waals surface area contributed by atoms with E-state index in [9.17, 15) is 14.4 Å². The summed E-state index contributed by atoms with van der Waals surface area (Å²) in [6, 6.07) is 6.86. The van der Waals surface area contributed by atoms with Crippen LogP contribution in [0.5, 0.6) is 0 Å². The van der Waals surface area contributed by atoms with Crippen LogP contribution < -0.4 is 10.6 Å². The molecule has 0 aliphatic carbocycles. The van der Waals surface area contributed by atoms with Gasteiger partial charge in [-0.3, -0.25) is 24.4 Å². The SMILES string of the molecule is O=C(NCCCCN1C(=O)c2ccccc2C1=O)c1n[nH]c2c1CNCC2. The zero-order valence-corrected chi connectivity index (χ0v) is 14.9. The van der Waals surface area contributed by atoms with Gasteiger partial charge in [0.15, 0.2) is 5.69 Å². The number of H-pyrrole nitrogens is 1. The van der Waals surface area contributed by atoms with Crippen molar-refractivity contribution in [3.05, 3.63) is 52.3 Å². The van der Waals surface area contributed by atoms with Crippen LogP contribution in [-0.2, 0) is 13.0 Å². The minimum Gasteiger partial charge on any atom is -0.351 e. The molecule has 0 spiro atoms. The van der Waals surface area contributed by atoms with Crippen LogP contribution in [0.4, 0.5) is 0 Å². The first kappa shape index (κ1) is 17.4. The summed E-state index contributed by atoms with van der Waals surface area (Å²) in [5.41, 5.74) is 3.33. The number of aromatic amines is 1. The third-order valence-electron chi connectivity index (χ3n) is 4.99. The lowest BCUT2D eigenvalue weighted by Gasteiger charge is -2.14. The lowest BCUT2D eigenvalue weighted by molar-refractivity contribution is 0.0650. The zero-order valence-electron chi connectivity index (χ0n) is 14.9. The van der Waals surface area contributed by atoms with E-state index in [2.05, 4.69) is 20.8 Å². The number of carbonyl (C=O) groups is 3. The number of aromatic nitrogens is 2. The Kier molecular flexibility index (Phi) is 4.72. The molecular weight excluding hydrogens is 346 g/mol. The molecule has 1 aromatic carbocycles. The van der Waals surface area contributed by atoms with E-state index in [1.165, 1.54) is 4.90 Å². The highest BCUT2D eigenvalue weighted by Gasteiger charge is 2.34. The van der Waals surface area contributed by atoms with Gasteiger partial charge in [0.2, 0.25) is 0 Å². The molecule has 8 nitrogen and oxygen atoms in total. The highest BCUT2D eigenvalue weighted by atomic mass is 16.2. The van der Waals surface area contributed by atoms with Gasteiger partial charge in [-0.05, 0) is 25.0 Å². The van der Waals surface area contributed by atoms with Gasteiger partial charge in [-0.1, -0.05) is 12.1 Å². The van der Waals surface area contributed by atoms with Gasteiger partial charge in [0, 0.05) is 43.9 Å². The van der Waals surface area contributed by atoms with Crippen molar-refractivity contribution in [2.45, 2.75) is 25.8 Å². The number of unbranched alkanes of at least 4 members (excludes halogenated alkanes) is 1. The van der Waals surface area contributed by atoms with E-state index in [1.54, 1.807) is 24.3 Å². The first-order valence-electron chi connectivity index (χ1n) is 9.17. The summed E-state index contributed by atoms with van der Waals surface area (Å²) in [4.78, 5) is 38.2. The number of benzene rings is 1. The molecule has 4 rings (SSSR count). The van der Waals surface area contributed by atoms with Crippen molar-refractivity contribution in [3.63, 3.8) is 0 Å². The Labute approximate surface area is 156 Å². The van der Waals surface area contributed by atoms with Crippen LogP contribution in [0.2, 0.25) is 0 Å². The Bertz CT molecular complexity index is 870. The maximum atomic E-state index is 12.3. The van der Waals surface area contributed by atoms with Gasteiger partial charge in [0.05, 0.1) is 11.1 Å². The number of nitrogens with zero attached hydrogens (tertiary/aromatic N) is 2. The maximum Gasteiger partial charge on any atom is 0.272 e. The molecular formula is C19H21N5O3. The van der Waals surface area contributed by atoms with Crippen molar-refractivity contribution in [1.29, 1.82) is 0 Å². The minimum atomic E-state index is -0.240. The molecule has 3 amide bonds. The number of hydrogen-bond acceptors (Lipinski definition) is 5. The number of amides is 3. The van der Waals surface area contributed by atoms with Crippen LogP contribution in [0.25, 0.3) is 0 Å². The summed E-state index contributed by atoms with van der Waals surface area (Å²) in [5.74, 6) is -0.678. The second kappa shape index (κ2) is 7.32. The predicted octanol–water partition coefficient (Wildman–Crippen LogP) is 0.862. The number of carbonyl (C=O) groups excluding carboxylic acids is 3.